The zero-order valence-electron chi connectivity index (χ0n) is 25.2. The third-order valence-electron chi connectivity index (χ3n) is 6.20. The van der Waals surface area contributed by atoms with Gasteiger partial charge in [-0.2, -0.15) is 0 Å². The van der Waals surface area contributed by atoms with Crippen molar-refractivity contribution in [3.05, 3.63) is 0 Å². The predicted octanol–water partition coefficient (Wildman–Crippen LogP) is -0.574. The van der Waals surface area contributed by atoms with Crippen LogP contribution in [-0.4, -0.2) is 100 Å². The zero-order chi connectivity index (χ0) is 32.6. The number of hydrogen-bond acceptors (Lipinski definition) is 8. The fourth-order valence-electron chi connectivity index (χ4n) is 3.81. The molecule has 0 spiro atoms. The van der Waals surface area contributed by atoms with Crippen molar-refractivity contribution < 1.29 is 48.6 Å². The van der Waals surface area contributed by atoms with Gasteiger partial charge in [0, 0.05) is 64.6 Å². The summed E-state index contributed by atoms with van der Waals surface area (Å²) < 4.78 is 0. The predicted molar refractivity (Wildman–Crippen MR) is 150 cm³/mol. The highest BCUT2D eigenvalue weighted by atomic mass is 16.4. The van der Waals surface area contributed by atoms with Gasteiger partial charge in [-0.05, 0) is 12.8 Å². The van der Waals surface area contributed by atoms with Gasteiger partial charge in [-0.1, -0.05) is 27.7 Å². The molecule has 42 heavy (non-hydrogen) atoms. The lowest BCUT2D eigenvalue weighted by Crippen LogP contribution is -2.54. The molecule has 0 unspecified atom stereocenters. The Morgan fingerprint density at radius 2 is 1.05 bits per heavy atom. The molecule has 0 aromatic heterocycles. The van der Waals surface area contributed by atoms with Crippen molar-refractivity contribution in [2.24, 2.45) is 11.8 Å². The van der Waals surface area contributed by atoms with Crippen molar-refractivity contribution in [3.63, 3.8) is 0 Å². The van der Waals surface area contributed by atoms with Crippen LogP contribution in [0.3, 0.4) is 0 Å². The maximum absolute atomic E-state index is 13.1. The molecular formula is C27H45N5O10. The van der Waals surface area contributed by atoms with Gasteiger partial charge in [-0.25, -0.2) is 9.59 Å². The van der Waals surface area contributed by atoms with Crippen LogP contribution in [0, 0.1) is 11.8 Å². The van der Waals surface area contributed by atoms with Crippen LogP contribution in [0.1, 0.15) is 73.6 Å². The smallest absolute Gasteiger partial charge is 0.326 e. The Kier molecular flexibility index (Phi) is 17.3. The van der Waals surface area contributed by atoms with E-state index in [0.717, 1.165) is 13.8 Å². The Morgan fingerprint density at radius 3 is 1.36 bits per heavy atom. The molecule has 0 aromatic carbocycles. The molecule has 0 heterocycles. The summed E-state index contributed by atoms with van der Waals surface area (Å²) in [5.74, 6) is -6.00. The van der Waals surface area contributed by atoms with Crippen LogP contribution >= 0.6 is 0 Å². The van der Waals surface area contributed by atoms with Crippen LogP contribution in [0.5, 0.6) is 0 Å². The monoisotopic (exact) mass is 599 g/mol. The molecule has 0 saturated heterocycles. The number of carboxylic acid groups (broad SMARTS) is 2. The first-order valence-electron chi connectivity index (χ1n) is 13.8. The van der Waals surface area contributed by atoms with E-state index in [2.05, 4.69) is 21.3 Å². The summed E-state index contributed by atoms with van der Waals surface area (Å²) >= 11 is 0. The minimum absolute atomic E-state index is 0.0255. The normalized spacial score (nSPS) is 12.3. The Labute approximate surface area is 245 Å². The lowest BCUT2D eigenvalue weighted by Gasteiger charge is -2.34. The van der Waals surface area contributed by atoms with E-state index in [-0.39, 0.29) is 69.3 Å². The minimum atomic E-state index is -1.30. The highest BCUT2D eigenvalue weighted by Gasteiger charge is 2.28. The number of carbonyl (C=O) groups is 8. The second-order valence-electron chi connectivity index (χ2n) is 10.6. The van der Waals surface area contributed by atoms with Gasteiger partial charge in [-0.15, -0.1) is 0 Å². The van der Waals surface area contributed by atoms with Crippen LogP contribution in [0.4, 0.5) is 0 Å². The summed E-state index contributed by atoms with van der Waals surface area (Å²) in [4.78, 5) is 97.1. The SMILES string of the molecule is CC(=O)N[C@@H](CCC(=O)NCC(CNC(=O)CC[C@H](NC(C)=O)C(=O)O)N(CCC(=O)C(C)C)C(=O)C(C)C)C(=O)O. The van der Waals surface area contributed by atoms with E-state index in [1.807, 2.05) is 0 Å². The number of Topliss-reactive ketones (excluding diaryl/α,β-unsaturated/α-hetero) is 1. The van der Waals surface area contributed by atoms with E-state index in [0.29, 0.717) is 0 Å². The molecule has 0 bridgehead atoms. The summed E-state index contributed by atoms with van der Waals surface area (Å²) in [7, 11) is 0. The van der Waals surface area contributed by atoms with Crippen LogP contribution in [-0.2, 0) is 38.4 Å². The summed E-state index contributed by atoms with van der Waals surface area (Å²) in [5, 5.41) is 28.2. The van der Waals surface area contributed by atoms with Gasteiger partial charge >= 0.3 is 11.9 Å². The third-order valence-corrected chi connectivity index (χ3v) is 6.20. The van der Waals surface area contributed by atoms with E-state index in [4.69, 9.17) is 0 Å². The van der Waals surface area contributed by atoms with Crippen LogP contribution in [0.15, 0.2) is 0 Å². The number of aliphatic carboxylic acids is 2. The number of carbonyl (C=O) groups excluding carboxylic acids is 6. The molecule has 0 aliphatic heterocycles. The summed E-state index contributed by atoms with van der Waals surface area (Å²) in [6.45, 7) is 8.83. The average molecular weight is 600 g/mol. The second kappa shape index (κ2) is 19.1. The Balaban J connectivity index is 5.66. The maximum atomic E-state index is 13.1. The number of ketones is 1. The molecule has 0 aromatic rings. The minimum Gasteiger partial charge on any atom is -0.480 e. The lowest BCUT2D eigenvalue weighted by molar-refractivity contribution is -0.142. The maximum Gasteiger partial charge on any atom is 0.326 e. The topological polar surface area (TPSA) is 228 Å². The van der Waals surface area contributed by atoms with Gasteiger partial charge in [0.1, 0.15) is 17.9 Å². The van der Waals surface area contributed by atoms with Crippen molar-refractivity contribution in [2.75, 3.05) is 19.6 Å². The number of nitrogens with one attached hydrogen (secondary N) is 4. The molecule has 0 aliphatic carbocycles. The van der Waals surface area contributed by atoms with Crippen LogP contribution in [0.2, 0.25) is 0 Å². The van der Waals surface area contributed by atoms with E-state index in [1.54, 1.807) is 27.7 Å². The summed E-state index contributed by atoms with van der Waals surface area (Å²) in [6, 6.07) is -3.34. The van der Waals surface area contributed by atoms with Crippen LogP contribution < -0.4 is 21.3 Å². The molecule has 5 amide bonds. The molecule has 0 aliphatic rings. The van der Waals surface area contributed by atoms with E-state index in [1.165, 1.54) is 4.90 Å². The standard InChI is InChI=1S/C27H45N5O10/c1-15(2)22(35)11-12-32(25(38)16(3)4)19(13-28-23(36)9-7-20(26(39)40)30-17(5)33)14-29-24(37)10-8-21(27(41)42)31-18(6)34/h15-16,19-21H,7-14H2,1-6H3,(H,28,36)(H,29,37)(H,30,33)(H,31,34)(H,39,40)(H,41,42)/t20-,21-/m0/s1. The number of rotatable bonds is 20. The molecular weight excluding hydrogens is 554 g/mol. The molecule has 6 N–H and O–H groups in total. The first-order chi connectivity index (χ1) is 19.5. The molecule has 0 saturated carbocycles. The van der Waals surface area contributed by atoms with Crippen molar-refractivity contribution in [3.8, 4) is 0 Å². The quantitative estimate of drug-likeness (QED) is 0.104. The van der Waals surface area contributed by atoms with Crippen molar-refractivity contribution in [2.45, 2.75) is 91.8 Å². The number of nitrogens with zero attached hydrogens (tertiary/aromatic N) is 1. The third kappa shape index (κ3) is 15.7. The van der Waals surface area contributed by atoms with Crippen molar-refractivity contribution >= 4 is 47.3 Å². The average Bonchev–Trinajstić information content (AvgIpc) is 2.88. The molecule has 0 rings (SSSR count). The van der Waals surface area contributed by atoms with Crippen LogP contribution in [0.25, 0.3) is 0 Å². The largest absolute Gasteiger partial charge is 0.480 e. The molecule has 0 radical (unpaired) electrons. The van der Waals surface area contributed by atoms with Crippen molar-refractivity contribution in [1.82, 2.24) is 26.2 Å². The number of hydrogen-bond donors (Lipinski definition) is 6. The second-order valence-corrected chi connectivity index (χ2v) is 10.6. The molecule has 15 nitrogen and oxygen atoms in total. The molecule has 0 fully saturated rings. The Morgan fingerprint density at radius 1 is 0.643 bits per heavy atom. The highest BCUT2D eigenvalue weighted by molar-refractivity contribution is 5.85. The summed E-state index contributed by atoms with van der Waals surface area (Å²) in [6.07, 6.45) is -0.819. The number of carboxylic acids is 2. The zero-order valence-corrected chi connectivity index (χ0v) is 25.2. The van der Waals surface area contributed by atoms with Crippen molar-refractivity contribution in [1.29, 1.82) is 0 Å². The fraction of sp³-hybridized carbons (Fsp3) is 0.704. The Bertz CT molecular complexity index is 944. The lowest BCUT2D eigenvalue weighted by atomic mass is 10.0. The van der Waals surface area contributed by atoms with Gasteiger partial charge < -0.3 is 36.4 Å². The summed E-state index contributed by atoms with van der Waals surface area (Å²) in [5.41, 5.74) is 0. The first-order valence-corrected chi connectivity index (χ1v) is 13.8. The molecule has 15 heteroatoms. The number of amides is 5. The van der Waals surface area contributed by atoms with Gasteiger partial charge in [0.15, 0.2) is 0 Å². The van der Waals surface area contributed by atoms with Gasteiger partial charge in [0.2, 0.25) is 29.5 Å². The van der Waals surface area contributed by atoms with E-state index < -0.39 is 59.6 Å². The van der Waals surface area contributed by atoms with Gasteiger partial charge in [-0.3, -0.25) is 28.8 Å². The van der Waals surface area contributed by atoms with E-state index in [9.17, 15) is 48.6 Å². The molecule has 2 atom stereocenters. The Hall–Kier alpha value is -4.04. The fourth-order valence-corrected chi connectivity index (χ4v) is 3.81. The molecule has 238 valence electrons. The first kappa shape index (κ1) is 38.0. The van der Waals surface area contributed by atoms with Gasteiger partial charge in [0.05, 0.1) is 6.04 Å². The van der Waals surface area contributed by atoms with Gasteiger partial charge in [0.25, 0.3) is 0 Å². The highest BCUT2D eigenvalue weighted by Crippen LogP contribution is 2.11. The van der Waals surface area contributed by atoms with E-state index >= 15 is 0 Å².